The van der Waals surface area contributed by atoms with Crippen LogP contribution in [0.25, 0.3) is 0 Å². The van der Waals surface area contributed by atoms with Gasteiger partial charge < -0.3 is 15.4 Å². The standard InChI is InChI=1S/C10H19N3O/c1-7(5-14)8(2)11-4-10-9(3)12-6-13-10/h6-8,11,14H,4-5H2,1-3H3,(H,12,13). The maximum absolute atomic E-state index is 8.96. The Morgan fingerprint density at radius 3 is 2.79 bits per heavy atom. The first-order chi connectivity index (χ1) is 6.65. The molecule has 0 bridgehead atoms. The summed E-state index contributed by atoms with van der Waals surface area (Å²) >= 11 is 0. The molecule has 4 heteroatoms. The Morgan fingerprint density at radius 1 is 1.57 bits per heavy atom. The minimum absolute atomic E-state index is 0.216. The molecule has 0 spiro atoms. The topological polar surface area (TPSA) is 60.9 Å². The molecule has 0 amide bonds. The number of hydrogen-bond donors (Lipinski definition) is 3. The quantitative estimate of drug-likeness (QED) is 0.655. The van der Waals surface area contributed by atoms with Crippen molar-refractivity contribution < 1.29 is 5.11 Å². The summed E-state index contributed by atoms with van der Waals surface area (Å²) in [4.78, 5) is 7.23. The van der Waals surface area contributed by atoms with E-state index in [0.29, 0.717) is 6.04 Å². The van der Waals surface area contributed by atoms with Gasteiger partial charge in [0.25, 0.3) is 0 Å². The van der Waals surface area contributed by atoms with Crippen molar-refractivity contribution in [1.29, 1.82) is 0 Å². The molecule has 0 aliphatic carbocycles. The summed E-state index contributed by atoms with van der Waals surface area (Å²) in [5.74, 6) is 0.272. The van der Waals surface area contributed by atoms with Crippen LogP contribution in [0, 0.1) is 12.8 Å². The van der Waals surface area contributed by atoms with Crippen molar-refractivity contribution in [3.8, 4) is 0 Å². The lowest BCUT2D eigenvalue weighted by Gasteiger charge is -2.18. The van der Waals surface area contributed by atoms with Crippen molar-refractivity contribution in [3.63, 3.8) is 0 Å². The van der Waals surface area contributed by atoms with Gasteiger partial charge in [-0.1, -0.05) is 6.92 Å². The molecule has 0 saturated carbocycles. The highest BCUT2D eigenvalue weighted by atomic mass is 16.3. The van der Waals surface area contributed by atoms with Gasteiger partial charge in [0.05, 0.1) is 12.0 Å². The first kappa shape index (κ1) is 11.2. The molecule has 1 aromatic rings. The van der Waals surface area contributed by atoms with Crippen molar-refractivity contribution in [2.45, 2.75) is 33.4 Å². The molecule has 0 aliphatic rings. The van der Waals surface area contributed by atoms with Gasteiger partial charge in [0.1, 0.15) is 0 Å². The van der Waals surface area contributed by atoms with Crippen LogP contribution in [0.1, 0.15) is 25.2 Å². The molecule has 80 valence electrons. The van der Waals surface area contributed by atoms with Crippen LogP contribution in [0.15, 0.2) is 6.33 Å². The van der Waals surface area contributed by atoms with Gasteiger partial charge in [0.2, 0.25) is 0 Å². The van der Waals surface area contributed by atoms with Crippen molar-refractivity contribution >= 4 is 0 Å². The average Bonchev–Trinajstić information content (AvgIpc) is 2.59. The summed E-state index contributed by atoms with van der Waals surface area (Å²) in [5, 5.41) is 12.3. The number of aryl methyl sites for hydroxylation is 1. The Labute approximate surface area is 84.8 Å². The van der Waals surface area contributed by atoms with Crippen molar-refractivity contribution in [2.24, 2.45) is 5.92 Å². The van der Waals surface area contributed by atoms with Crippen LogP contribution in [-0.2, 0) is 6.54 Å². The molecule has 1 aromatic heterocycles. The molecule has 0 aliphatic heterocycles. The highest BCUT2D eigenvalue weighted by Crippen LogP contribution is 2.04. The first-order valence-corrected chi connectivity index (χ1v) is 4.98. The number of H-pyrrole nitrogens is 1. The van der Waals surface area contributed by atoms with Gasteiger partial charge in [0, 0.05) is 24.9 Å². The second-order valence-electron chi connectivity index (χ2n) is 3.80. The van der Waals surface area contributed by atoms with Crippen LogP contribution in [0.4, 0.5) is 0 Å². The summed E-state index contributed by atoms with van der Waals surface area (Å²) < 4.78 is 0. The normalized spacial score (nSPS) is 15.4. The zero-order valence-corrected chi connectivity index (χ0v) is 9.04. The number of nitrogens with one attached hydrogen (secondary N) is 2. The van der Waals surface area contributed by atoms with Gasteiger partial charge in [-0.15, -0.1) is 0 Å². The van der Waals surface area contributed by atoms with Gasteiger partial charge >= 0.3 is 0 Å². The van der Waals surface area contributed by atoms with Gasteiger partial charge in [-0.05, 0) is 19.8 Å². The van der Waals surface area contributed by atoms with Crippen LogP contribution in [-0.4, -0.2) is 27.7 Å². The minimum atomic E-state index is 0.216. The van der Waals surface area contributed by atoms with E-state index in [1.807, 2.05) is 13.8 Å². The molecule has 0 saturated heterocycles. The van der Waals surface area contributed by atoms with Crippen molar-refractivity contribution in [3.05, 3.63) is 17.7 Å². The molecule has 4 nitrogen and oxygen atoms in total. The molecule has 0 radical (unpaired) electrons. The summed E-state index contributed by atoms with van der Waals surface area (Å²) in [5.41, 5.74) is 2.14. The highest BCUT2D eigenvalue weighted by molar-refractivity contribution is 5.08. The Bertz CT molecular complexity index is 272. The van der Waals surface area contributed by atoms with Gasteiger partial charge in [0.15, 0.2) is 0 Å². The van der Waals surface area contributed by atoms with E-state index in [1.54, 1.807) is 6.33 Å². The fourth-order valence-corrected chi connectivity index (χ4v) is 1.18. The van der Waals surface area contributed by atoms with Crippen LogP contribution < -0.4 is 5.32 Å². The van der Waals surface area contributed by atoms with Gasteiger partial charge in [-0.25, -0.2) is 4.98 Å². The number of aromatic nitrogens is 2. The highest BCUT2D eigenvalue weighted by Gasteiger charge is 2.11. The molecule has 1 rings (SSSR count). The lowest BCUT2D eigenvalue weighted by atomic mass is 10.1. The lowest BCUT2D eigenvalue weighted by molar-refractivity contribution is 0.206. The molecule has 0 fully saturated rings. The summed E-state index contributed by atoms with van der Waals surface area (Å²) in [6.07, 6.45) is 1.70. The third-order valence-electron chi connectivity index (χ3n) is 2.67. The van der Waals surface area contributed by atoms with E-state index < -0.39 is 0 Å². The molecule has 1 heterocycles. The largest absolute Gasteiger partial charge is 0.396 e. The fourth-order valence-electron chi connectivity index (χ4n) is 1.18. The Kier molecular flexibility index (Phi) is 4.10. The number of aromatic amines is 1. The smallest absolute Gasteiger partial charge is 0.0925 e. The predicted molar refractivity (Wildman–Crippen MR) is 55.9 cm³/mol. The van der Waals surface area contributed by atoms with E-state index in [4.69, 9.17) is 5.11 Å². The average molecular weight is 197 g/mol. The number of imidazole rings is 1. The second kappa shape index (κ2) is 5.12. The van der Waals surface area contributed by atoms with Crippen LogP contribution in [0.2, 0.25) is 0 Å². The van der Waals surface area contributed by atoms with Gasteiger partial charge in [-0.3, -0.25) is 0 Å². The Morgan fingerprint density at radius 2 is 2.29 bits per heavy atom. The fraction of sp³-hybridized carbons (Fsp3) is 0.700. The number of aliphatic hydroxyl groups excluding tert-OH is 1. The first-order valence-electron chi connectivity index (χ1n) is 4.98. The molecule has 0 aromatic carbocycles. The second-order valence-corrected chi connectivity index (χ2v) is 3.80. The van der Waals surface area contributed by atoms with E-state index in [0.717, 1.165) is 17.9 Å². The minimum Gasteiger partial charge on any atom is -0.396 e. The zero-order valence-electron chi connectivity index (χ0n) is 9.04. The van der Waals surface area contributed by atoms with E-state index in [1.165, 1.54) is 0 Å². The zero-order chi connectivity index (χ0) is 10.6. The van der Waals surface area contributed by atoms with Crippen LogP contribution in [0.3, 0.4) is 0 Å². The summed E-state index contributed by atoms with van der Waals surface area (Å²) in [6.45, 7) is 7.07. The number of rotatable bonds is 5. The monoisotopic (exact) mass is 197 g/mol. The maximum atomic E-state index is 8.96. The Balaban J connectivity index is 2.37. The molecule has 2 atom stereocenters. The molecule has 2 unspecified atom stereocenters. The van der Waals surface area contributed by atoms with E-state index >= 15 is 0 Å². The predicted octanol–water partition coefficient (Wildman–Crippen LogP) is 0.825. The number of hydrogen-bond acceptors (Lipinski definition) is 3. The molecular formula is C10H19N3O. The van der Waals surface area contributed by atoms with Crippen molar-refractivity contribution in [1.82, 2.24) is 15.3 Å². The van der Waals surface area contributed by atoms with Crippen molar-refractivity contribution in [2.75, 3.05) is 6.61 Å². The SMILES string of the molecule is Cc1[nH]cnc1CNC(C)C(C)CO. The molecular weight excluding hydrogens is 178 g/mol. The third kappa shape index (κ3) is 2.82. The Hall–Kier alpha value is -0.870. The number of nitrogens with zero attached hydrogens (tertiary/aromatic N) is 1. The molecule has 14 heavy (non-hydrogen) atoms. The van der Waals surface area contributed by atoms with E-state index in [-0.39, 0.29) is 12.5 Å². The summed E-state index contributed by atoms with van der Waals surface area (Å²) in [6, 6.07) is 0.302. The third-order valence-corrected chi connectivity index (χ3v) is 2.67. The molecule has 3 N–H and O–H groups in total. The van der Waals surface area contributed by atoms with E-state index in [9.17, 15) is 0 Å². The van der Waals surface area contributed by atoms with Crippen LogP contribution >= 0.6 is 0 Å². The van der Waals surface area contributed by atoms with E-state index in [2.05, 4.69) is 22.2 Å². The van der Waals surface area contributed by atoms with Crippen LogP contribution in [0.5, 0.6) is 0 Å². The summed E-state index contributed by atoms with van der Waals surface area (Å²) in [7, 11) is 0. The lowest BCUT2D eigenvalue weighted by Crippen LogP contribution is -2.33. The maximum Gasteiger partial charge on any atom is 0.0925 e. The number of aliphatic hydroxyl groups is 1. The van der Waals surface area contributed by atoms with Gasteiger partial charge in [-0.2, -0.15) is 0 Å².